The Morgan fingerprint density at radius 2 is 1.86 bits per heavy atom. The Kier molecular flexibility index (Phi) is 3.09. The molecule has 2 heterocycles. The van der Waals surface area contributed by atoms with E-state index >= 15 is 0 Å². The van der Waals surface area contributed by atoms with E-state index in [2.05, 4.69) is 26.9 Å². The molecule has 7 nitrogen and oxygen atoms in total. The summed E-state index contributed by atoms with van der Waals surface area (Å²) in [6.45, 7) is 2.06. The number of nitrogens with two attached hydrogens (primary N) is 1. The molecule has 108 valence electrons. The Balaban J connectivity index is 1.91. The largest absolute Gasteiger partial charge is 0.399 e. The predicted octanol–water partition coefficient (Wildman–Crippen LogP) is 0.868. The molecular formula is C14H15N5O2. The monoisotopic (exact) mass is 285 g/mol. The van der Waals surface area contributed by atoms with E-state index in [0.717, 1.165) is 11.3 Å². The minimum absolute atomic E-state index is 0.206. The van der Waals surface area contributed by atoms with Crippen LogP contribution in [0.1, 0.15) is 24.2 Å². The maximum Gasteiger partial charge on any atom is 0.327 e. The third-order valence-corrected chi connectivity index (χ3v) is 3.44. The van der Waals surface area contributed by atoms with Crippen molar-refractivity contribution in [2.24, 2.45) is 0 Å². The Hall–Kier alpha value is -2.83. The van der Waals surface area contributed by atoms with Crippen LogP contribution >= 0.6 is 0 Å². The summed E-state index contributed by atoms with van der Waals surface area (Å²) in [5.41, 5.74) is 7.07. The highest BCUT2D eigenvalue weighted by Crippen LogP contribution is 2.20. The molecular weight excluding hydrogens is 270 g/mol. The molecule has 0 bridgehead atoms. The average Bonchev–Trinajstić information content (AvgIpc) is 2.82. The van der Waals surface area contributed by atoms with E-state index in [1.165, 1.54) is 0 Å². The summed E-state index contributed by atoms with van der Waals surface area (Å²) in [4.78, 5) is 34.7. The Bertz CT molecular complexity index is 888. The quantitative estimate of drug-likeness (QED) is 0.533. The van der Waals surface area contributed by atoms with Crippen molar-refractivity contribution in [3.05, 3.63) is 56.5 Å². The number of hydrogen-bond donors (Lipinski definition) is 4. The van der Waals surface area contributed by atoms with Gasteiger partial charge in [0.1, 0.15) is 11.3 Å². The first-order chi connectivity index (χ1) is 10.0. The Morgan fingerprint density at radius 3 is 2.57 bits per heavy atom. The van der Waals surface area contributed by atoms with Crippen molar-refractivity contribution in [2.75, 3.05) is 5.73 Å². The number of H-pyrrole nitrogens is 3. The lowest BCUT2D eigenvalue weighted by Crippen LogP contribution is -2.21. The van der Waals surface area contributed by atoms with E-state index in [1.807, 2.05) is 24.3 Å². The van der Waals surface area contributed by atoms with Gasteiger partial charge in [-0.1, -0.05) is 19.1 Å². The number of aromatic nitrogens is 4. The van der Waals surface area contributed by atoms with E-state index in [4.69, 9.17) is 5.73 Å². The van der Waals surface area contributed by atoms with Crippen molar-refractivity contribution in [1.82, 2.24) is 19.9 Å². The molecule has 7 heteroatoms. The standard InChI is InChI=1S/C14H15N5O2/c1-7(8-2-4-9(15)5-3-8)6-10-16-11-12(17-10)18-14(21)19-13(11)20/h2-5,7H,6,15H2,1H3,(H3,16,17,18,19,20,21). The van der Waals surface area contributed by atoms with Crippen LogP contribution < -0.4 is 17.0 Å². The molecule has 5 N–H and O–H groups in total. The molecule has 2 aromatic heterocycles. The minimum Gasteiger partial charge on any atom is -0.399 e. The number of nitrogen functional groups attached to an aromatic ring is 1. The third-order valence-electron chi connectivity index (χ3n) is 3.44. The lowest BCUT2D eigenvalue weighted by atomic mass is 9.97. The molecule has 21 heavy (non-hydrogen) atoms. The van der Waals surface area contributed by atoms with E-state index in [1.54, 1.807) is 0 Å². The van der Waals surface area contributed by atoms with E-state index in [-0.39, 0.29) is 17.1 Å². The van der Waals surface area contributed by atoms with Crippen molar-refractivity contribution in [3.8, 4) is 0 Å². The van der Waals surface area contributed by atoms with Crippen LogP contribution in [-0.4, -0.2) is 19.9 Å². The van der Waals surface area contributed by atoms with Gasteiger partial charge in [-0.05, 0) is 23.6 Å². The van der Waals surface area contributed by atoms with Crippen LogP contribution in [0.25, 0.3) is 11.2 Å². The normalized spacial score (nSPS) is 12.6. The number of fused-ring (bicyclic) bond motifs is 1. The van der Waals surface area contributed by atoms with Crippen molar-refractivity contribution in [3.63, 3.8) is 0 Å². The number of hydrogen-bond acceptors (Lipinski definition) is 4. The predicted molar refractivity (Wildman–Crippen MR) is 80.3 cm³/mol. The second-order valence-electron chi connectivity index (χ2n) is 5.09. The summed E-state index contributed by atoms with van der Waals surface area (Å²) in [5, 5.41) is 0. The summed E-state index contributed by atoms with van der Waals surface area (Å²) in [6.07, 6.45) is 0.625. The maximum atomic E-state index is 11.6. The fourth-order valence-corrected chi connectivity index (χ4v) is 2.31. The van der Waals surface area contributed by atoms with Gasteiger partial charge in [-0.2, -0.15) is 0 Å². The third kappa shape index (κ3) is 2.58. The highest BCUT2D eigenvalue weighted by Gasteiger charge is 2.12. The van der Waals surface area contributed by atoms with Gasteiger partial charge in [0.2, 0.25) is 0 Å². The van der Waals surface area contributed by atoms with Gasteiger partial charge in [0.15, 0.2) is 5.65 Å². The molecule has 0 saturated heterocycles. The zero-order valence-electron chi connectivity index (χ0n) is 11.4. The molecule has 0 aliphatic rings. The second-order valence-corrected chi connectivity index (χ2v) is 5.09. The van der Waals surface area contributed by atoms with Crippen LogP contribution in [0.4, 0.5) is 5.69 Å². The summed E-state index contributed by atoms with van der Waals surface area (Å²) >= 11 is 0. The van der Waals surface area contributed by atoms with Crippen LogP contribution in [0.3, 0.4) is 0 Å². The van der Waals surface area contributed by atoms with Gasteiger partial charge in [0, 0.05) is 12.1 Å². The SMILES string of the molecule is CC(Cc1nc2[nH]c(=O)[nH]c(=O)c2[nH]1)c1ccc(N)cc1. The number of rotatable bonds is 3. The zero-order valence-corrected chi connectivity index (χ0v) is 11.4. The zero-order chi connectivity index (χ0) is 15.0. The lowest BCUT2D eigenvalue weighted by molar-refractivity contribution is 0.729. The highest BCUT2D eigenvalue weighted by molar-refractivity contribution is 5.68. The summed E-state index contributed by atoms with van der Waals surface area (Å²) < 4.78 is 0. The van der Waals surface area contributed by atoms with Crippen molar-refractivity contribution in [2.45, 2.75) is 19.3 Å². The van der Waals surface area contributed by atoms with Crippen LogP contribution in [0, 0.1) is 0 Å². The fourth-order valence-electron chi connectivity index (χ4n) is 2.31. The van der Waals surface area contributed by atoms with Crippen LogP contribution in [-0.2, 0) is 6.42 Å². The molecule has 0 amide bonds. The van der Waals surface area contributed by atoms with E-state index in [0.29, 0.717) is 12.2 Å². The smallest absolute Gasteiger partial charge is 0.327 e. The van der Waals surface area contributed by atoms with Crippen molar-refractivity contribution < 1.29 is 0 Å². The van der Waals surface area contributed by atoms with Gasteiger partial charge in [-0.25, -0.2) is 9.78 Å². The first kappa shape index (κ1) is 13.2. The Labute approximate surface area is 119 Å². The van der Waals surface area contributed by atoms with Crippen LogP contribution in [0.2, 0.25) is 0 Å². The van der Waals surface area contributed by atoms with Crippen LogP contribution in [0.5, 0.6) is 0 Å². The van der Waals surface area contributed by atoms with E-state index < -0.39 is 11.2 Å². The van der Waals surface area contributed by atoms with Gasteiger partial charge in [0.25, 0.3) is 5.56 Å². The molecule has 0 saturated carbocycles. The highest BCUT2D eigenvalue weighted by atomic mass is 16.2. The fraction of sp³-hybridized carbons (Fsp3) is 0.214. The van der Waals surface area contributed by atoms with Gasteiger partial charge in [-0.3, -0.25) is 14.8 Å². The molecule has 0 aliphatic heterocycles. The maximum absolute atomic E-state index is 11.6. The van der Waals surface area contributed by atoms with Gasteiger partial charge in [-0.15, -0.1) is 0 Å². The van der Waals surface area contributed by atoms with Crippen molar-refractivity contribution >= 4 is 16.9 Å². The molecule has 3 rings (SSSR count). The van der Waals surface area contributed by atoms with E-state index in [9.17, 15) is 9.59 Å². The molecule has 0 radical (unpaired) electrons. The number of imidazole rings is 1. The first-order valence-electron chi connectivity index (χ1n) is 6.59. The van der Waals surface area contributed by atoms with Gasteiger partial charge < -0.3 is 10.7 Å². The molecule has 3 aromatic rings. The summed E-state index contributed by atoms with van der Waals surface area (Å²) in [5.74, 6) is 0.860. The summed E-state index contributed by atoms with van der Waals surface area (Å²) in [7, 11) is 0. The molecule has 1 atom stereocenters. The first-order valence-corrected chi connectivity index (χ1v) is 6.59. The average molecular weight is 285 g/mol. The number of aromatic amines is 3. The lowest BCUT2D eigenvalue weighted by Gasteiger charge is -2.10. The molecule has 0 spiro atoms. The Morgan fingerprint density at radius 1 is 1.14 bits per heavy atom. The summed E-state index contributed by atoms with van der Waals surface area (Å²) in [6, 6.07) is 7.65. The number of anilines is 1. The number of nitrogens with one attached hydrogen (secondary N) is 3. The minimum atomic E-state index is -0.558. The second kappa shape index (κ2) is 4.93. The topological polar surface area (TPSA) is 120 Å². The number of nitrogens with zero attached hydrogens (tertiary/aromatic N) is 1. The number of benzene rings is 1. The van der Waals surface area contributed by atoms with Gasteiger partial charge in [0.05, 0.1) is 0 Å². The van der Waals surface area contributed by atoms with Crippen LogP contribution in [0.15, 0.2) is 33.9 Å². The molecule has 1 aromatic carbocycles. The van der Waals surface area contributed by atoms with Gasteiger partial charge >= 0.3 is 5.69 Å². The molecule has 0 fully saturated rings. The van der Waals surface area contributed by atoms with Crippen molar-refractivity contribution in [1.29, 1.82) is 0 Å². The molecule has 1 unspecified atom stereocenters. The molecule has 0 aliphatic carbocycles.